The van der Waals surface area contributed by atoms with Crippen LogP contribution in [0, 0.1) is 0 Å². The van der Waals surface area contributed by atoms with Crippen LogP contribution in [0.4, 0.5) is 0 Å². The fourth-order valence-corrected chi connectivity index (χ4v) is 6.50. The van der Waals surface area contributed by atoms with Crippen molar-refractivity contribution >= 4 is 5.97 Å². The van der Waals surface area contributed by atoms with Crippen LogP contribution in [0.15, 0.2) is 12.2 Å². The molecule has 1 N–H and O–H groups in total. The van der Waals surface area contributed by atoms with E-state index in [-0.39, 0.29) is 0 Å². The highest BCUT2D eigenvalue weighted by Gasteiger charge is 2.20. The van der Waals surface area contributed by atoms with Crippen LogP contribution < -0.4 is 0 Å². The maximum Gasteiger partial charge on any atom is 0.303 e. The highest BCUT2D eigenvalue weighted by atomic mass is 16.4. The number of carbonyl (C=O) groups is 1. The minimum absolute atomic E-state index is 0.332. The summed E-state index contributed by atoms with van der Waals surface area (Å²) in [6.07, 6.45) is 47.1. The zero-order valence-electron chi connectivity index (χ0n) is 32.7. The van der Waals surface area contributed by atoms with E-state index >= 15 is 0 Å². The molecule has 0 aliphatic rings. The molecule has 0 radical (unpaired) electrons. The summed E-state index contributed by atoms with van der Waals surface area (Å²) in [6, 6.07) is 0. The Morgan fingerprint density at radius 2 is 0.674 bits per heavy atom. The van der Waals surface area contributed by atoms with Gasteiger partial charge in [0.2, 0.25) is 0 Å². The third kappa shape index (κ3) is 41.2. The van der Waals surface area contributed by atoms with Crippen LogP contribution in [-0.4, -0.2) is 42.2 Å². The number of quaternary nitrogens is 1. The Morgan fingerprint density at radius 1 is 0.413 bits per heavy atom. The van der Waals surface area contributed by atoms with Crippen molar-refractivity contribution in [3.8, 4) is 0 Å². The number of nitrogens with zero attached hydrogens (tertiary/aromatic N) is 1. The van der Waals surface area contributed by atoms with Crippen LogP contribution in [0.3, 0.4) is 0 Å². The minimum Gasteiger partial charge on any atom is -0.481 e. The van der Waals surface area contributed by atoms with Crippen molar-refractivity contribution in [3.63, 3.8) is 0 Å². The first-order valence-corrected chi connectivity index (χ1v) is 21.2. The van der Waals surface area contributed by atoms with Gasteiger partial charge in [0.05, 0.1) is 26.7 Å². The number of allylic oxidation sites excluding steroid dienone is 2. The van der Waals surface area contributed by atoms with Gasteiger partial charge in [-0.15, -0.1) is 0 Å². The van der Waals surface area contributed by atoms with Gasteiger partial charge < -0.3 is 9.59 Å². The Bertz CT molecular complexity index is 561. The first kappa shape index (κ1) is 47.3. The number of hydrogen-bond donors (Lipinski definition) is 1. The normalized spacial score (nSPS) is 11.7. The molecule has 46 heavy (non-hydrogen) atoms. The van der Waals surface area contributed by atoms with E-state index in [1.807, 2.05) is 0 Å². The molecule has 3 nitrogen and oxygen atoms in total. The molecule has 276 valence electrons. The zero-order chi connectivity index (χ0) is 34.2. The molecule has 0 aromatic rings. The van der Waals surface area contributed by atoms with E-state index in [2.05, 4.69) is 46.9 Å². The van der Waals surface area contributed by atoms with E-state index in [0.29, 0.717) is 6.42 Å². The number of unbranched alkanes of at least 4 members (excludes halogenated alkanes) is 26. The van der Waals surface area contributed by atoms with Gasteiger partial charge in [-0.1, -0.05) is 168 Å². The molecule has 0 aromatic heterocycles. The molecular weight excluding hydrogens is 562 g/mol. The third-order valence-electron chi connectivity index (χ3n) is 9.81. The van der Waals surface area contributed by atoms with Crippen molar-refractivity contribution < 1.29 is 14.4 Å². The van der Waals surface area contributed by atoms with Gasteiger partial charge in [-0.2, -0.15) is 0 Å². The summed E-state index contributed by atoms with van der Waals surface area (Å²) in [5.41, 5.74) is 0. The van der Waals surface area contributed by atoms with Gasteiger partial charge in [-0.25, -0.2) is 0 Å². The topological polar surface area (TPSA) is 37.3 Å². The highest BCUT2D eigenvalue weighted by molar-refractivity contribution is 5.66. The number of hydrogen-bond acceptors (Lipinski definition) is 1. The molecule has 0 heterocycles. The molecule has 0 saturated heterocycles. The molecule has 3 heteroatoms. The Labute approximate surface area is 291 Å². The quantitative estimate of drug-likeness (QED) is 0.0416. The van der Waals surface area contributed by atoms with Crippen molar-refractivity contribution in [2.24, 2.45) is 0 Å². The van der Waals surface area contributed by atoms with Crippen LogP contribution in [0.25, 0.3) is 0 Å². The fourth-order valence-electron chi connectivity index (χ4n) is 6.50. The lowest BCUT2D eigenvalue weighted by Gasteiger charge is -2.35. The fraction of sp³-hybridized carbons (Fsp3) is 0.930. The number of carboxylic acids is 1. The molecule has 0 fully saturated rings. The Kier molecular flexibility index (Phi) is 41.5. The van der Waals surface area contributed by atoms with E-state index in [4.69, 9.17) is 5.11 Å². The predicted octanol–water partition coefficient (Wildman–Crippen LogP) is 14.6. The maximum atomic E-state index is 10.3. The number of aliphatic carboxylic acids is 1. The summed E-state index contributed by atoms with van der Waals surface area (Å²) in [4.78, 5) is 10.3. The predicted molar refractivity (Wildman–Crippen MR) is 208 cm³/mol. The van der Waals surface area contributed by atoms with Crippen LogP contribution in [0.1, 0.15) is 233 Å². The maximum absolute atomic E-state index is 10.3. The highest BCUT2D eigenvalue weighted by Crippen LogP contribution is 2.16. The van der Waals surface area contributed by atoms with Crippen LogP contribution in [0.2, 0.25) is 0 Å². The lowest BCUT2D eigenvalue weighted by molar-refractivity contribution is -0.910. The van der Waals surface area contributed by atoms with E-state index in [1.165, 1.54) is 210 Å². The monoisotopic (exact) mass is 651 g/mol. The molecule has 0 saturated carbocycles. The Hall–Kier alpha value is -0.830. The summed E-state index contributed by atoms with van der Waals surface area (Å²) < 4.78 is 1.36. The van der Waals surface area contributed by atoms with Gasteiger partial charge in [0.15, 0.2) is 0 Å². The largest absolute Gasteiger partial charge is 0.481 e. The van der Waals surface area contributed by atoms with Crippen molar-refractivity contribution in [2.75, 3.05) is 26.7 Å². The van der Waals surface area contributed by atoms with Crippen molar-refractivity contribution in [1.82, 2.24) is 0 Å². The smallest absolute Gasteiger partial charge is 0.303 e. The van der Waals surface area contributed by atoms with Gasteiger partial charge in [-0.3, -0.25) is 4.79 Å². The molecule has 0 bridgehead atoms. The lowest BCUT2D eigenvalue weighted by atomic mass is 10.1. The Morgan fingerprint density at radius 3 is 0.978 bits per heavy atom. The van der Waals surface area contributed by atoms with E-state index in [0.717, 1.165) is 12.8 Å². The molecule has 0 rings (SSSR count). The molecule has 0 aliphatic heterocycles. The second kappa shape index (κ2) is 40.3. The number of rotatable bonds is 36. The van der Waals surface area contributed by atoms with Gasteiger partial charge in [-0.05, 0) is 70.6 Å². The third-order valence-corrected chi connectivity index (χ3v) is 9.81. The van der Waals surface area contributed by atoms with Crippen LogP contribution in [0.5, 0.6) is 0 Å². The first-order chi connectivity index (χ1) is 22.5. The van der Waals surface area contributed by atoms with Crippen LogP contribution >= 0.6 is 0 Å². The summed E-state index contributed by atoms with van der Waals surface area (Å²) in [5, 5.41) is 8.51. The van der Waals surface area contributed by atoms with E-state index in [1.54, 1.807) is 0 Å². The lowest BCUT2D eigenvalue weighted by Crippen LogP contribution is -2.46. The van der Waals surface area contributed by atoms with Crippen molar-refractivity contribution in [2.45, 2.75) is 233 Å². The SMILES string of the molecule is CCCCCCCC/C=C\CCCCCCCC(=O)O.CCCCCCCC[N+](C)(CCCCCCCC)CCCCCCCC. The average molecular weight is 651 g/mol. The van der Waals surface area contributed by atoms with Gasteiger partial charge in [0, 0.05) is 6.42 Å². The zero-order valence-corrected chi connectivity index (χ0v) is 32.7. The summed E-state index contributed by atoms with van der Waals surface area (Å²) in [7, 11) is 2.56. The second-order valence-corrected chi connectivity index (χ2v) is 14.8. The summed E-state index contributed by atoms with van der Waals surface area (Å²) in [5.74, 6) is -0.664. The van der Waals surface area contributed by atoms with Gasteiger partial charge in [0.1, 0.15) is 0 Å². The molecule has 0 spiro atoms. The molecule has 0 atom stereocenters. The van der Waals surface area contributed by atoms with Crippen LogP contribution in [-0.2, 0) is 4.79 Å². The average Bonchev–Trinajstić information content (AvgIpc) is 3.04. The molecule has 0 aliphatic carbocycles. The molecule has 0 amide bonds. The standard InChI is InChI=1S/C25H54N.C18H34O2/c1-5-8-11-14-17-20-23-26(4,24-21-18-15-12-9-6-2)25-22-19-16-13-10-7-3;1-2-3-4-5-6-7-8-9-10-11-12-13-14-15-16-17-18(19)20/h5-25H2,1-4H3;9-10H,2-8,11-17H2,1H3,(H,19,20)/q+1;/b;10-9-. The second-order valence-electron chi connectivity index (χ2n) is 14.8. The van der Waals surface area contributed by atoms with Gasteiger partial charge >= 0.3 is 5.97 Å². The minimum atomic E-state index is -0.664. The Balaban J connectivity index is 0. The van der Waals surface area contributed by atoms with E-state index < -0.39 is 5.97 Å². The first-order valence-electron chi connectivity index (χ1n) is 21.2. The van der Waals surface area contributed by atoms with Crippen molar-refractivity contribution in [1.29, 1.82) is 0 Å². The number of carboxylic acid groups (broad SMARTS) is 1. The molecular formula is C43H88NO2+. The van der Waals surface area contributed by atoms with E-state index in [9.17, 15) is 4.79 Å². The molecule has 0 unspecified atom stereocenters. The summed E-state index contributed by atoms with van der Waals surface area (Å²) >= 11 is 0. The van der Waals surface area contributed by atoms with Gasteiger partial charge in [0.25, 0.3) is 0 Å². The van der Waals surface area contributed by atoms with Crippen molar-refractivity contribution in [3.05, 3.63) is 12.2 Å². The molecule has 0 aromatic carbocycles. The summed E-state index contributed by atoms with van der Waals surface area (Å²) in [6.45, 7) is 13.5.